The molecule has 4 aromatic rings. The van der Waals surface area contributed by atoms with Gasteiger partial charge in [0.15, 0.2) is 0 Å². The average Bonchev–Trinajstić information content (AvgIpc) is 1.69. The maximum Gasteiger partial charge on any atom is 0.330 e. The van der Waals surface area contributed by atoms with Crippen LogP contribution in [0.15, 0.2) is 172 Å². The fourth-order valence-corrected chi connectivity index (χ4v) is 18.7. The number of esters is 8. The molecule has 4 aromatic carbocycles. The second kappa shape index (κ2) is 73.3. The third-order valence-electron chi connectivity index (χ3n) is 28.6. The number of benzene rings is 4. The summed E-state index contributed by atoms with van der Waals surface area (Å²) in [5, 5.41) is 0. The van der Waals surface area contributed by atoms with E-state index in [-0.39, 0.29) is 71.4 Å². The molecule has 24 nitrogen and oxygen atoms in total. The third kappa shape index (κ3) is 49.6. The number of carbonyl (C=O) groups is 8. The summed E-state index contributed by atoms with van der Waals surface area (Å²) < 4.78 is 50.0. The Morgan fingerprint density at radius 3 is 0.583 bits per heavy atom. The van der Waals surface area contributed by atoms with Gasteiger partial charge in [0, 0.05) is 24.3 Å². The van der Waals surface area contributed by atoms with E-state index in [2.05, 4.69) is 172 Å². The van der Waals surface area contributed by atoms with Crippen molar-refractivity contribution >= 4 is 72.1 Å². The molecule has 0 aliphatic heterocycles. The van der Waals surface area contributed by atoms with Crippen LogP contribution in [0.25, 0.3) is 24.3 Å². The molecule has 808 valence electrons. The van der Waals surface area contributed by atoms with Gasteiger partial charge >= 0.3 is 47.8 Å². The highest BCUT2D eigenvalue weighted by Crippen LogP contribution is 2.35. The molecule has 8 rings (SSSR count). The minimum absolute atomic E-state index is 0.114. The summed E-state index contributed by atoms with van der Waals surface area (Å²) in [6.45, 7) is 84.5. The number of fused-ring (bicyclic) bond motifs is 4. The van der Waals surface area contributed by atoms with Gasteiger partial charge in [-0.3, -0.25) is 19.2 Å². The molecule has 4 aliphatic carbocycles. The maximum absolute atomic E-state index is 12.5. The molecule has 0 aromatic heterocycles. The van der Waals surface area contributed by atoms with Gasteiger partial charge in [0.25, 0.3) is 0 Å². The number of quaternary nitrogens is 8. The number of hydrogen-bond acceptors (Lipinski definition) is 16. The molecule has 6 atom stereocenters. The first-order valence-corrected chi connectivity index (χ1v) is 54.4. The molecule has 24 heteroatoms. The third-order valence-corrected chi connectivity index (χ3v) is 28.6. The Morgan fingerprint density at radius 1 is 0.229 bits per heavy atom. The topological polar surface area (TPSA) is 210 Å². The molecule has 0 radical (unpaired) electrons. The summed E-state index contributed by atoms with van der Waals surface area (Å²) in [6.07, 6.45) is 32.6. The quantitative estimate of drug-likeness (QED) is 0.0174. The molecule has 4 aliphatic rings. The number of unbranched alkanes of at least 4 members (excludes halogenated alkanes) is 2. The lowest BCUT2D eigenvalue weighted by Crippen LogP contribution is -2.51. The van der Waals surface area contributed by atoms with Gasteiger partial charge in [-0.1, -0.05) is 240 Å². The summed E-state index contributed by atoms with van der Waals surface area (Å²) in [4.78, 5) is 92.5. The lowest BCUT2D eigenvalue weighted by molar-refractivity contribution is -0.927. The number of ether oxygens (including phenoxy) is 8. The molecule has 6 unspecified atom stereocenters. The molecule has 0 saturated carbocycles. The van der Waals surface area contributed by atoms with Gasteiger partial charge < -0.3 is 73.8 Å². The monoisotopic (exact) mass is 2010 g/mol. The molecule has 0 N–H and O–H groups in total. The van der Waals surface area contributed by atoms with Gasteiger partial charge in [-0.2, -0.15) is 0 Å². The van der Waals surface area contributed by atoms with Crippen LogP contribution in [0.2, 0.25) is 0 Å². The number of nitrogens with zero attached hydrogens (tertiary/aromatic N) is 8. The zero-order chi connectivity index (χ0) is 108. The molecule has 0 saturated heterocycles. The minimum atomic E-state index is -0.349. The number of rotatable bonds is 60. The highest BCUT2D eigenvalue weighted by molar-refractivity contribution is 5.89. The van der Waals surface area contributed by atoms with Crippen molar-refractivity contribution < 1.29 is 112 Å². The number of hydrogen-bond donors (Lipinski definition) is 0. The fourth-order valence-electron chi connectivity index (χ4n) is 18.7. The average molecular weight is 2010 g/mol. The summed E-state index contributed by atoms with van der Waals surface area (Å²) in [6, 6.07) is 32.0. The molecular formula is C120H200N8O16+8. The first kappa shape index (κ1) is 132. The van der Waals surface area contributed by atoms with Crippen LogP contribution in [-0.4, -0.2) is 349 Å². The van der Waals surface area contributed by atoms with Crippen LogP contribution in [0.3, 0.4) is 0 Å². The standard InChI is InChI=1S/C21H32NO2.C20H30NO2.C18H26NO2.C15H20NO2.C14H28NO2.C13H26NO2.C11H22NO2.C8H16NO2/c1-4-7-15-22(6-3,14-5-2)16-17-24-21(23)20-13-12-18-10-8-9-11-19(18)20;1-4-13-21(6-3,14-5-2)15-16-23-20(22)19-12-11-17-9-7-8-10-18(17)19;1-4-19(5-2,6-3)13-14-21-18(20)17-12-11-15-9-7-8-10-16(15)17;1-16(2,3)10-11-18-15(17)14-9-8-12-6-4-5-7-13(12)14;1-5-9-11-15(8-4,10-6-2)12-13-17-14(16)7-3;1-5-9-14(8-4,10-6-2)11-12-16-13(15)7-3;1-5-11(13)14-10-9-12(6-2,7-3)8-4;1-5-8(10)11-7-6-9(2,3)4/h8-13,20H,4-7,14-17H2,1-3H3;7-12,19H,4-6,13-16H2,1-3H3;7-12,17H,4-6,13-14H2,1-3H3;4-9,14H,10-11H2,1-3H3;7H,3,5-6,8-13H2,1-2,4H3;7H,3,5-6,8-12H2,1-2,4H3;5H,1,6-10H2,2-4H3;5H,1,6-7H2,2-4H3/q8*+1. The van der Waals surface area contributed by atoms with E-state index in [9.17, 15) is 38.4 Å². The Kier molecular flexibility index (Phi) is 67.4. The van der Waals surface area contributed by atoms with Gasteiger partial charge in [0.1, 0.15) is 129 Å². The van der Waals surface area contributed by atoms with Crippen molar-refractivity contribution in [3.63, 3.8) is 0 Å². The summed E-state index contributed by atoms with van der Waals surface area (Å²) in [5.74, 6) is -2.73. The van der Waals surface area contributed by atoms with Crippen molar-refractivity contribution in [1.82, 2.24) is 0 Å². The first-order chi connectivity index (χ1) is 68.8. The van der Waals surface area contributed by atoms with Crippen molar-refractivity contribution in [2.24, 2.45) is 0 Å². The van der Waals surface area contributed by atoms with Crippen LogP contribution in [-0.2, 0) is 76.3 Å². The zero-order valence-electron chi connectivity index (χ0n) is 94.5. The summed E-state index contributed by atoms with van der Waals surface area (Å²) in [7, 11) is 12.4. The van der Waals surface area contributed by atoms with E-state index in [1.54, 1.807) is 0 Å². The largest absolute Gasteiger partial charge is 0.459 e. The maximum atomic E-state index is 12.5. The Labute approximate surface area is 873 Å². The van der Waals surface area contributed by atoms with Crippen LogP contribution in [0, 0.1) is 0 Å². The van der Waals surface area contributed by atoms with E-state index in [0.29, 0.717) is 52.9 Å². The smallest absolute Gasteiger partial charge is 0.330 e. The molecule has 0 spiro atoms. The molecule has 0 heterocycles. The Balaban J connectivity index is 0.000000831. The summed E-state index contributed by atoms with van der Waals surface area (Å²) in [5.41, 5.74) is 8.75. The lowest BCUT2D eigenvalue weighted by atomic mass is 10.0. The molecular weight excluding hydrogens is 1810 g/mol. The molecule has 0 fully saturated rings. The minimum Gasteiger partial charge on any atom is -0.459 e. The lowest BCUT2D eigenvalue weighted by Gasteiger charge is -2.37. The van der Waals surface area contributed by atoms with Crippen molar-refractivity contribution in [3.8, 4) is 0 Å². The van der Waals surface area contributed by atoms with Crippen molar-refractivity contribution in [1.29, 1.82) is 0 Å². The van der Waals surface area contributed by atoms with E-state index in [1.807, 2.05) is 167 Å². The van der Waals surface area contributed by atoms with Gasteiger partial charge in [0.05, 0.1) is 160 Å². The number of carbonyl (C=O) groups excluding carboxylic acids is 8. The van der Waals surface area contributed by atoms with Crippen LogP contribution in [0.4, 0.5) is 0 Å². The normalized spacial score (nSPS) is 15.1. The predicted octanol–water partition coefficient (Wildman–Crippen LogP) is 20.8. The van der Waals surface area contributed by atoms with Crippen LogP contribution in [0.5, 0.6) is 0 Å². The van der Waals surface area contributed by atoms with Crippen molar-refractivity contribution in [2.45, 2.75) is 213 Å². The highest BCUT2D eigenvalue weighted by Gasteiger charge is 2.34. The Morgan fingerprint density at radius 2 is 0.403 bits per heavy atom. The van der Waals surface area contributed by atoms with Crippen molar-refractivity contribution in [3.05, 3.63) is 216 Å². The van der Waals surface area contributed by atoms with Gasteiger partial charge in [-0.25, -0.2) is 19.2 Å². The van der Waals surface area contributed by atoms with Gasteiger partial charge in [-0.05, 0) is 165 Å². The number of likely N-dealkylation sites (N-methyl/N-ethyl adjacent to an activating group) is 8. The predicted molar refractivity (Wildman–Crippen MR) is 594 cm³/mol. The van der Waals surface area contributed by atoms with Crippen LogP contribution in [0.1, 0.15) is 257 Å². The van der Waals surface area contributed by atoms with E-state index >= 15 is 0 Å². The van der Waals surface area contributed by atoms with E-state index in [0.717, 1.165) is 224 Å². The molecule has 144 heavy (non-hydrogen) atoms. The fraction of sp³-hybridized carbons (Fsp3) is 0.600. The Hall–Kier alpha value is -9.76. The second-order valence-electron chi connectivity index (χ2n) is 40.1. The SMILES string of the molecule is C=CC(=O)OCC[N+](C)(C)C.C=CC(=O)OCC[N+](CC)(CC)CC.C=CC(=O)OCC[N+](CC)(CCC)CCC.C=CC(=O)OCC[N+](CC)(CCC)CCCC.CCCC[N+](CC)(CCC)CCOC(=O)C1C=Cc2ccccc21.CCC[N+](CC)(CCC)CCOC(=O)C1C=Cc2ccccc21.CC[N+](CC)(CC)CCOC(=O)C1C=Cc2ccccc21.C[N+](C)(C)CCOC(=O)C1C=Cc2ccccc21. The van der Waals surface area contributed by atoms with Crippen LogP contribution < -0.4 is 0 Å². The van der Waals surface area contributed by atoms with Gasteiger partial charge in [-0.15, -0.1) is 0 Å². The highest BCUT2D eigenvalue weighted by atomic mass is 16.6. The van der Waals surface area contributed by atoms with Crippen molar-refractivity contribution in [2.75, 3.05) is 265 Å². The summed E-state index contributed by atoms with van der Waals surface area (Å²) >= 11 is 0. The molecule has 0 amide bonds. The Bertz CT molecular complexity index is 4460. The first-order valence-electron chi connectivity index (χ1n) is 54.4. The second-order valence-corrected chi connectivity index (χ2v) is 40.1. The molecule has 0 bridgehead atoms. The van der Waals surface area contributed by atoms with Gasteiger partial charge in [0.2, 0.25) is 0 Å². The van der Waals surface area contributed by atoms with E-state index in [4.69, 9.17) is 37.9 Å². The van der Waals surface area contributed by atoms with Crippen LogP contribution >= 0.6 is 0 Å². The van der Waals surface area contributed by atoms with E-state index in [1.165, 1.54) is 115 Å². The zero-order valence-corrected chi connectivity index (χ0v) is 94.5. The van der Waals surface area contributed by atoms with E-state index < -0.39 is 0 Å².